The number of ketones is 1. The Morgan fingerprint density at radius 3 is 2.06 bits per heavy atom. The molecule has 14 heteroatoms. The zero-order chi connectivity index (χ0) is 38.1. The van der Waals surface area contributed by atoms with E-state index in [2.05, 4.69) is 0 Å². The summed E-state index contributed by atoms with van der Waals surface area (Å²) in [5, 5.41) is 30.6. The number of imide groups is 1. The number of amides is 2. The van der Waals surface area contributed by atoms with Crippen molar-refractivity contribution in [3.05, 3.63) is 41.5 Å². The standard InChI is InChI=1S/C38H57NO13/c1-26-33(43)34(44)35(45)36(51-26)52-30-14-13-27(24-28(30)25-50-37(46)38(2,3)4)10-8-18-47-20-22-49-23-21-48-19-9-12-29(40)11-6-5-7-17-39-31(41)15-16-32(39)42/h13-16,24,26,33-36,43-45H,5-12,17-23,25H2,1-4H3/t26-,33-,34+,35-,36+/m1/s1. The summed E-state index contributed by atoms with van der Waals surface area (Å²) in [5.74, 6) is -0.419. The van der Waals surface area contributed by atoms with Gasteiger partial charge in [0, 0.05) is 50.3 Å². The van der Waals surface area contributed by atoms with Gasteiger partial charge in [0.25, 0.3) is 11.8 Å². The second-order valence-electron chi connectivity index (χ2n) is 14.1. The average Bonchev–Trinajstić information content (AvgIpc) is 3.43. The van der Waals surface area contributed by atoms with Gasteiger partial charge < -0.3 is 43.7 Å². The molecule has 2 aliphatic heterocycles. The Morgan fingerprint density at radius 2 is 1.40 bits per heavy atom. The maximum Gasteiger partial charge on any atom is 0.311 e. The number of hydrogen-bond donors (Lipinski definition) is 3. The highest BCUT2D eigenvalue weighted by molar-refractivity contribution is 6.12. The zero-order valence-electron chi connectivity index (χ0n) is 31.0. The lowest BCUT2D eigenvalue weighted by Gasteiger charge is -2.39. The molecule has 52 heavy (non-hydrogen) atoms. The fourth-order valence-corrected chi connectivity index (χ4v) is 5.45. The molecule has 0 radical (unpaired) electrons. The van der Waals surface area contributed by atoms with Crippen LogP contribution < -0.4 is 4.74 Å². The summed E-state index contributed by atoms with van der Waals surface area (Å²) < 4.78 is 33.9. The number of aryl methyl sites for hydroxylation is 1. The summed E-state index contributed by atoms with van der Waals surface area (Å²) >= 11 is 0. The third-order valence-electron chi connectivity index (χ3n) is 8.63. The monoisotopic (exact) mass is 735 g/mol. The van der Waals surface area contributed by atoms with Crippen LogP contribution >= 0.6 is 0 Å². The molecule has 2 heterocycles. The summed E-state index contributed by atoms with van der Waals surface area (Å²) in [6.07, 6.45) is 1.62. The van der Waals surface area contributed by atoms with Gasteiger partial charge in [0.05, 0.1) is 37.9 Å². The predicted octanol–water partition coefficient (Wildman–Crippen LogP) is 2.80. The van der Waals surface area contributed by atoms with Crippen LogP contribution in [0.5, 0.6) is 5.75 Å². The Hall–Kier alpha value is -3.24. The predicted molar refractivity (Wildman–Crippen MR) is 188 cm³/mol. The van der Waals surface area contributed by atoms with Gasteiger partial charge in [-0.2, -0.15) is 0 Å². The largest absolute Gasteiger partial charge is 0.462 e. The van der Waals surface area contributed by atoms with E-state index in [0.29, 0.717) is 89.6 Å². The lowest BCUT2D eigenvalue weighted by molar-refractivity contribution is -0.268. The van der Waals surface area contributed by atoms with Crippen molar-refractivity contribution in [3.8, 4) is 5.75 Å². The van der Waals surface area contributed by atoms with Crippen LogP contribution in [-0.4, -0.2) is 121 Å². The van der Waals surface area contributed by atoms with Crippen molar-refractivity contribution in [1.29, 1.82) is 0 Å². The third-order valence-corrected chi connectivity index (χ3v) is 8.63. The second-order valence-corrected chi connectivity index (χ2v) is 14.1. The Balaban J connectivity index is 1.24. The van der Waals surface area contributed by atoms with Crippen molar-refractivity contribution in [3.63, 3.8) is 0 Å². The number of carbonyl (C=O) groups excluding carboxylic acids is 4. The number of aliphatic hydroxyl groups excluding tert-OH is 3. The summed E-state index contributed by atoms with van der Waals surface area (Å²) in [7, 11) is 0. The number of hydrogen-bond acceptors (Lipinski definition) is 13. The highest BCUT2D eigenvalue weighted by atomic mass is 16.7. The van der Waals surface area contributed by atoms with Gasteiger partial charge in [0.1, 0.15) is 36.5 Å². The number of carbonyl (C=O) groups is 4. The Labute approximate surface area is 306 Å². The molecule has 0 spiro atoms. The Morgan fingerprint density at radius 1 is 0.788 bits per heavy atom. The van der Waals surface area contributed by atoms with Crippen molar-refractivity contribution in [2.45, 2.75) is 116 Å². The molecule has 5 atom stereocenters. The topological polar surface area (TPSA) is 188 Å². The van der Waals surface area contributed by atoms with Crippen molar-refractivity contribution in [1.82, 2.24) is 4.90 Å². The number of unbranched alkanes of at least 4 members (excludes halogenated alkanes) is 2. The van der Waals surface area contributed by atoms with Crippen molar-refractivity contribution in [2.75, 3.05) is 46.2 Å². The first kappa shape index (κ1) is 43.2. The molecule has 1 saturated heterocycles. The van der Waals surface area contributed by atoms with Gasteiger partial charge in [0.2, 0.25) is 6.29 Å². The molecule has 0 bridgehead atoms. The smallest absolute Gasteiger partial charge is 0.311 e. The maximum atomic E-state index is 12.5. The average molecular weight is 736 g/mol. The molecule has 14 nitrogen and oxygen atoms in total. The first-order valence-electron chi connectivity index (χ1n) is 18.2. The second kappa shape index (κ2) is 22.1. The number of nitrogens with zero attached hydrogens (tertiary/aromatic N) is 1. The van der Waals surface area contributed by atoms with E-state index >= 15 is 0 Å². The molecule has 3 N–H and O–H groups in total. The molecule has 0 saturated carbocycles. The van der Waals surface area contributed by atoms with E-state index < -0.39 is 36.1 Å². The van der Waals surface area contributed by atoms with E-state index in [4.69, 9.17) is 28.4 Å². The highest BCUT2D eigenvalue weighted by Crippen LogP contribution is 2.29. The van der Waals surface area contributed by atoms with Crippen molar-refractivity contribution < 1.29 is 62.9 Å². The SMILES string of the molecule is C[C@H]1O[C@@H](Oc2ccc(CCCOCCOCCOCCCC(=O)CCCCCN3C(=O)C=CC3=O)cc2COC(=O)C(C)(C)C)[C@H](O)[C@@H](O)[C@@H]1O. The van der Waals surface area contributed by atoms with Gasteiger partial charge in [-0.25, -0.2) is 0 Å². The van der Waals surface area contributed by atoms with Crippen LogP contribution in [0.4, 0.5) is 0 Å². The van der Waals surface area contributed by atoms with E-state index in [0.717, 1.165) is 24.8 Å². The van der Waals surface area contributed by atoms with Crippen LogP contribution in [0.3, 0.4) is 0 Å². The lowest BCUT2D eigenvalue weighted by atomic mass is 9.97. The molecule has 1 fully saturated rings. The molecule has 292 valence electrons. The van der Waals surface area contributed by atoms with Crippen molar-refractivity contribution >= 4 is 23.6 Å². The van der Waals surface area contributed by atoms with Gasteiger partial charge in [-0.1, -0.05) is 12.5 Å². The first-order valence-corrected chi connectivity index (χ1v) is 18.2. The molecule has 0 unspecified atom stereocenters. The number of Topliss-reactive ketones (excluding diaryl/α,β-unsaturated/α-hetero) is 1. The molecular weight excluding hydrogens is 678 g/mol. The minimum atomic E-state index is -1.48. The number of aliphatic hydroxyl groups is 3. The highest BCUT2D eigenvalue weighted by Gasteiger charge is 2.43. The summed E-state index contributed by atoms with van der Waals surface area (Å²) in [4.78, 5) is 48.8. The van der Waals surface area contributed by atoms with Crippen LogP contribution in [0.2, 0.25) is 0 Å². The van der Waals surface area contributed by atoms with Crippen molar-refractivity contribution in [2.24, 2.45) is 5.41 Å². The molecule has 2 amide bonds. The molecule has 1 aromatic carbocycles. The minimum Gasteiger partial charge on any atom is -0.462 e. The van der Waals surface area contributed by atoms with E-state index in [1.807, 2.05) is 12.1 Å². The van der Waals surface area contributed by atoms with E-state index in [1.54, 1.807) is 33.8 Å². The summed E-state index contributed by atoms with van der Waals surface area (Å²) in [5.41, 5.74) is 0.835. The number of esters is 1. The van der Waals surface area contributed by atoms with E-state index in [1.165, 1.54) is 17.1 Å². The van der Waals surface area contributed by atoms with Gasteiger partial charge in [-0.15, -0.1) is 0 Å². The molecule has 3 rings (SSSR count). The minimum absolute atomic E-state index is 0.0623. The van der Waals surface area contributed by atoms with Gasteiger partial charge in [-0.05, 0) is 77.5 Å². The van der Waals surface area contributed by atoms with Crippen LogP contribution in [0, 0.1) is 5.41 Å². The number of rotatable bonds is 24. The molecule has 1 aromatic rings. The quantitative estimate of drug-likeness (QED) is 0.0800. The van der Waals surface area contributed by atoms with E-state index in [-0.39, 0.29) is 30.2 Å². The molecule has 0 aliphatic carbocycles. The van der Waals surface area contributed by atoms with Crippen LogP contribution in [0.25, 0.3) is 0 Å². The van der Waals surface area contributed by atoms with Gasteiger partial charge in [-0.3, -0.25) is 24.1 Å². The third kappa shape index (κ3) is 14.6. The molecule has 0 aromatic heterocycles. The Bertz CT molecular complexity index is 1310. The fraction of sp³-hybridized carbons (Fsp3) is 0.684. The van der Waals surface area contributed by atoms with Crippen LogP contribution in [0.15, 0.2) is 30.4 Å². The van der Waals surface area contributed by atoms with Gasteiger partial charge >= 0.3 is 5.97 Å². The number of benzene rings is 1. The summed E-state index contributed by atoms with van der Waals surface area (Å²) in [6.45, 7) is 9.87. The number of ether oxygens (including phenoxy) is 6. The van der Waals surface area contributed by atoms with Crippen LogP contribution in [0.1, 0.15) is 83.8 Å². The van der Waals surface area contributed by atoms with Gasteiger partial charge in [0.15, 0.2) is 0 Å². The van der Waals surface area contributed by atoms with E-state index in [9.17, 15) is 34.5 Å². The zero-order valence-corrected chi connectivity index (χ0v) is 31.0. The fourth-order valence-electron chi connectivity index (χ4n) is 5.45. The Kier molecular flexibility index (Phi) is 18.3. The summed E-state index contributed by atoms with van der Waals surface area (Å²) in [6, 6.07) is 5.42. The lowest BCUT2D eigenvalue weighted by Crippen LogP contribution is -2.58. The maximum absolute atomic E-state index is 12.5. The molecular formula is C38H57NO13. The first-order chi connectivity index (χ1) is 24.8. The van der Waals surface area contributed by atoms with Crippen LogP contribution in [-0.2, 0) is 55.9 Å². The normalized spacial score (nSPS) is 21.9. The molecule has 2 aliphatic rings.